The lowest BCUT2D eigenvalue weighted by Crippen LogP contribution is -2.31. The molecule has 0 aliphatic rings. The van der Waals surface area contributed by atoms with Crippen LogP contribution in [0, 0.1) is 17.0 Å². The molecule has 0 bridgehead atoms. The fourth-order valence-corrected chi connectivity index (χ4v) is 2.95. The second-order valence-electron chi connectivity index (χ2n) is 6.59. The molecule has 0 aliphatic carbocycles. The second-order valence-corrected chi connectivity index (χ2v) is 6.59. The highest BCUT2D eigenvalue weighted by Gasteiger charge is 2.28. The van der Waals surface area contributed by atoms with Crippen LogP contribution in [0.2, 0.25) is 0 Å². The van der Waals surface area contributed by atoms with Crippen LogP contribution in [0.25, 0.3) is 11.4 Å². The van der Waals surface area contributed by atoms with Gasteiger partial charge in [-0.05, 0) is 30.7 Å². The lowest BCUT2D eigenvalue weighted by atomic mass is 10.0. The number of nitrogens with zero attached hydrogens (tertiary/aromatic N) is 2. The maximum Gasteiger partial charge on any atom is 0.254 e. The smallest absolute Gasteiger partial charge is 0.254 e. The van der Waals surface area contributed by atoms with Gasteiger partial charge in [0.1, 0.15) is 17.5 Å². The van der Waals surface area contributed by atoms with Crippen LogP contribution in [0.5, 0.6) is 0 Å². The molecule has 1 atom stereocenters. The van der Waals surface area contributed by atoms with Crippen LogP contribution in [0.1, 0.15) is 29.7 Å². The van der Waals surface area contributed by atoms with Gasteiger partial charge < -0.3 is 15.8 Å². The van der Waals surface area contributed by atoms with Gasteiger partial charge in [-0.25, -0.2) is 18.7 Å². The first-order chi connectivity index (χ1) is 14.9. The predicted molar refractivity (Wildman–Crippen MR) is 118 cm³/mol. The molecule has 0 fully saturated rings. The number of carbonyl (C=O) groups excluding carboxylic acids is 1. The third-order valence-corrected chi connectivity index (χ3v) is 4.47. The highest BCUT2D eigenvalue weighted by molar-refractivity contribution is 5.94. The minimum Gasteiger partial charge on any atom is -0.384 e. The van der Waals surface area contributed by atoms with Gasteiger partial charge in [0.05, 0.1) is 5.56 Å². The summed E-state index contributed by atoms with van der Waals surface area (Å²) in [6.45, 7) is 1.82. The van der Waals surface area contributed by atoms with E-state index in [4.69, 9.17) is 15.9 Å². The van der Waals surface area contributed by atoms with Gasteiger partial charge in [-0.15, -0.1) is 12.4 Å². The summed E-state index contributed by atoms with van der Waals surface area (Å²) in [4.78, 5) is 20.7. The fraction of sp³-hybridized carbons (Fsp3) is 0.182. The molecule has 1 unspecified atom stereocenters. The van der Waals surface area contributed by atoms with Crippen molar-refractivity contribution in [3.05, 3.63) is 83.2 Å². The predicted octanol–water partition coefficient (Wildman–Crippen LogP) is 3.52. The number of hydrogen-bond donors (Lipinski definition) is 3. The molecule has 1 heterocycles. The standard InChI is InChI=1S/C22H21F2N5O2.ClH/c1-2-31-19(22(30)29-12-13-4-6-14(7-5-13)20(25)26)18-16(23)10-15(11-17(18)24)21-27-8-3-9-28-21;/h3-11,19H,2,12H2,1H3,(H3,25,26)(H,29,30);1H. The first kappa shape index (κ1) is 24.8. The highest BCUT2D eigenvalue weighted by atomic mass is 35.5. The highest BCUT2D eigenvalue weighted by Crippen LogP contribution is 2.28. The van der Waals surface area contributed by atoms with Crippen LogP contribution in [0.4, 0.5) is 8.78 Å². The van der Waals surface area contributed by atoms with E-state index in [1.807, 2.05) is 0 Å². The molecule has 0 aliphatic heterocycles. The van der Waals surface area contributed by atoms with Crippen molar-refractivity contribution < 1.29 is 18.3 Å². The van der Waals surface area contributed by atoms with Crippen LogP contribution in [0.3, 0.4) is 0 Å². The van der Waals surface area contributed by atoms with Gasteiger partial charge in [-0.3, -0.25) is 10.2 Å². The van der Waals surface area contributed by atoms with Gasteiger partial charge in [-0.1, -0.05) is 24.3 Å². The van der Waals surface area contributed by atoms with Gasteiger partial charge in [0, 0.05) is 36.7 Å². The number of nitrogens with two attached hydrogens (primary N) is 1. The molecule has 0 saturated heterocycles. The van der Waals surface area contributed by atoms with Crippen molar-refractivity contribution in [2.75, 3.05) is 6.61 Å². The molecule has 0 saturated carbocycles. The molecule has 1 amide bonds. The summed E-state index contributed by atoms with van der Waals surface area (Å²) in [6.07, 6.45) is 1.46. The normalized spacial score (nSPS) is 11.3. The number of rotatable bonds is 8. The number of halogens is 3. The molecule has 168 valence electrons. The van der Waals surface area contributed by atoms with E-state index in [1.54, 1.807) is 37.3 Å². The Balaban J connectivity index is 0.00000363. The molecule has 0 radical (unpaired) electrons. The Morgan fingerprint density at radius 2 is 1.75 bits per heavy atom. The number of ether oxygens (including phenoxy) is 1. The molecule has 2 aromatic carbocycles. The van der Waals surface area contributed by atoms with E-state index >= 15 is 0 Å². The number of amidine groups is 1. The van der Waals surface area contributed by atoms with E-state index in [0.29, 0.717) is 5.56 Å². The van der Waals surface area contributed by atoms with Crippen molar-refractivity contribution >= 4 is 24.1 Å². The van der Waals surface area contributed by atoms with Gasteiger partial charge in [0.15, 0.2) is 11.9 Å². The van der Waals surface area contributed by atoms with E-state index in [0.717, 1.165) is 17.7 Å². The lowest BCUT2D eigenvalue weighted by molar-refractivity contribution is -0.133. The van der Waals surface area contributed by atoms with Gasteiger partial charge >= 0.3 is 0 Å². The van der Waals surface area contributed by atoms with Crippen LogP contribution in [-0.4, -0.2) is 28.3 Å². The molecule has 4 N–H and O–H groups in total. The van der Waals surface area contributed by atoms with Crippen molar-refractivity contribution in [2.45, 2.75) is 19.6 Å². The zero-order valence-corrected chi connectivity index (χ0v) is 18.0. The average molecular weight is 462 g/mol. The third kappa shape index (κ3) is 5.83. The lowest BCUT2D eigenvalue weighted by Gasteiger charge is -2.19. The van der Waals surface area contributed by atoms with Crippen LogP contribution in [0.15, 0.2) is 54.9 Å². The quantitative estimate of drug-likeness (QED) is 0.351. The molecule has 1 aromatic heterocycles. The minimum absolute atomic E-state index is 0. The Bertz CT molecular complexity index is 1060. The number of hydrogen-bond acceptors (Lipinski definition) is 5. The Morgan fingerprint density at radius 3 is 2.28 bits per heavy atom. The van der Waals surface area contributed by atoms with Crippen LogP contribution in [-0.2, 0) is 16.1 Å². The Hall–Kier alpha value is -3.43. The largest absolute Gasteiger partial charge is 0.384 e. The van der Waals surface area contributed by atoms with E-state index < -0.39 is 29.2 Å². The summed E-state index contributed by atoms with van der Waals surface area (Å²) < 4.78 is 35.0. The second kappa shape index (κ2) is 11.3. The molecule has 3 rings (SSSR count). The Morgan fingerprint density at radius 1 is 1.16 bits per heavy atom. The number of nitrogen functional groups attached to an aromatic ring is 1. The van der Waals surface area contributed by atoms with E-state index in [2.05, 4.69) is 15.3 Å². The maximum atomic E-state index is 14.8. The van der Waals surface area contributed by atoms with Crippen molar-refractivity contribution in [1.82, 2.24) is 15.3 Å². The number of amides is 1. The maximum absolute atomic E-state index is 14.8. The molecular formula is C22H22ClF2N5O2. The van der Waals surface area contributed by atoms with Gasteiger partial charge in [0.25, 0.3) is 5.91 Å². The number of aromatic nitrogens is 2. The number of nitrogens with one attached hydrogen (secondary N) is 2. The van der Waals surface area contributed by atoms with Crippen molar-refractivity contribution in [1.29, 1.82) is 5.41 Å². The summed E-state index contributed by atoms with van der Waals surface area (Å²) in [6, 6.07) is 10.4. The minimum atomic E-state index is -1.47. The zero-order chi connectivity index (χ0) is 22.4. The zero-order valence-electron chi connectivity index (χ0n) is 17.1. The Kier molecular flexibility index (Phi) is 8.74. The SMILES string of the molecule is CCOC(C(=O)NCc1ccc(C(=N)N)cc1)c1c(F)cc(-c2ncccn2)cc1F.Cl. The summed E-state index contributed by atoms with van der Waals surface area (Å²) >= 11 is 0. The molecule has 10 heteroatoms. The van der Waals surface area contributed by atoms with Crippen molar-refractivity contribution in [3.8, 4) is 11.4 Å². The first-order valence-electron chi connectivity index (χ1n) is 9.49. The van der Waals surface area contributed by atoms with Crippen LogP contribution < -0.4 is 11.1 Å². The Labute approximate surface area is 190 Å². The average Bonchev–Trinajstić information content (AvgIpc) is 2.77. The van der Waals surface area contributed by atoms with E-state index in [1.165, 1.54) is 12.4 Å². The molecule has 7 nitrogen and oxygen atoms in total. The first-order valence-corrected chi connectivity index (χ1v) is 9.49. The summed E-state index contributed by atoms with van der Waals surface area (Å²) in [5, 5.41) is 10.0. The summed E-state index contributed by atoms with van der Waals surface area (Å²) in [5.41, 5.74) is 6.37. The third-order valence-electron chi connectivity index (χ3n) is 4.47. The molecule has 3 aromatic rings. The molecule has 0 spiro atoms. The fourth-order valence-electron chi connectivity index (χ4n) is 2.95. The molecule has 32 heavy (non-hydrogen) atoms. The van der Waals surface area contributed by atoms with Crippen LogP contribution >= 0.6 is 12.4 Å². The number of carbonyl (C=O) groups is 1. The molecular weight excluding hydrogens is 440 g/mol. The topological polar surface area (TPSA) is 114 Å². The van der Waals surface area contributed by atoms with Gasteiger partial charge in [0.2, 0.25) is 0 Å². The monoisotopic (exact) mass is 461 g/mol. The van der Waals surface area contributed by atoms with E-state index in [9.17, 15) is 13.6 Å². The van der Waals surface area contributed by atoms with Crippen molar-refractivity contribution in [2.24, 2.45) is 5.73 Å². The number of benzene rings is 2. The van der Waals surface area contributed by atoms with Crippen molar-refractivity contribution in [3.63, 3.8) is 0 Å². The summed E-state index contributed by atoms with van der Waals surface area (Å²) in [5.74, 6) is -2.44. The van der Waals surface area contributed by atoms with E-state index in [-0.39, 0.29) is 42.8 Å². The summed E-state index contributed by atoms with van der Waals surface area (Å²) in [7, 11) is 0. The van der Waals surface area contributed by atoms with Gasteiger partial charge in [-0.2, -0.15) is 0 Å².